The number of nitrogens with zero attached hydrogens (tertiary/aromatic N) is 3. The van der Waals surface area contributed by atoms with Crippen LogP contribution in [0.25, 0.3) is 11.0 Å². The van der Waals surface area contributed by atoms with Crippen LogP contribution in [0.4, 0.5) is 5.82 Å². The van der Waals surface area contributed by atoms with Crippen molar-refractivity contribution in [1.82, 2.24) is 14.5 Å². The van der Waals surface area contributed by atoms with E-state index in [0.29, 0.717) is 16.6 Å². The van der Waals surface area contributed by atoms with E-state index in [4.69, 9.17) is 10.5 Å². The molecule has 0 amide bonds. The molecule has 28 heavy (non-hydrogen) atoms. The molecule has 1 aromatic carbocycles. The van der Waals surface area contributed by atoms with Crippen molar-refractivity contribution >= 4 is 16.9 Å². The maximum atomic E-state index is 10.8. The number of aliphatic hydroxyl groups is 3. The van der Waals surface area contributed by atoms with Gasteiger partial charge in [-0.3, -0.25) is 0 Å². The summed E-state index contributed by atoms with van der Waals surface area (Å²) in [7, 11) is 0. The average molecular weight is 380 g/mol. The smallest absolute Gasteiger partial charge is 0.167 e. The van der Waals surface area contributed by atoms with Crippen molar-refractivity contribution in [2.75, 3.05) is 12.3 Å². The number of rotatable bonds is 2. The molecule has 5 N–H and O–H groups in total. The van der Waals surface area contributed by atoms with Crippen LogP contribution in [0.5, 0.6) is 0 Å². The van der Waals surface area contributed by atoms with Gasteiger partial charge in [-0.15, -0.1) is 0 Å². The van der Waals surface area contributed by atoms with Gasteiger partial charge in [0.1, 0.15) is 35.6 Å². The number of ether oxygens (including phenoxy) is 1. The van der Waals surface area contributed by atoms with Crippen LogP contribution in [0.2, 0.25) is 0 Å². The first-order valence-electron chi connectivity index (χ1n) is 8.78. The fourth-order valence-electron chi connectivity index (χ4n) is 3.43. The van der Waals surface area contributed by atoms with Crippen molar-refractivity contribution in [2.45, 2.75) is 31.0 Å². The number of aliphatic hydroxyl groups excluding tert-OH is 2. The van der Waals surface area contributed by atoms with Crippen molar-refractivity contribution in [3.63, 3.8) is 0 Å². The molecule has 1 fully saturated rings. The second-order valence-corrected chi connectivity index (χ2v) is 6.90. The number of hydrogen-bond acceptors (Lipinski definition) is 7. The van der Waals surface area contributed by atoms with E-state index in [1.165, 1.54) is 13.3 Å². The Hall–Kier alpha value is -2.96. The van der Waals surface area contributed by atoms with E-state index in [0.717, 1.165) is 5.56 Å². The molecule has 0 radical (unpaired) electrons. The fraction of sp³-hybridized carbons (Fsp3) is 0.300. The molecule has 144 valence electrons. The van der Waals surface area contributed by atoms with Crippen LogP contribution in [-0.4, -0.2) is 54.3 Å². The van der Waals surface area contributed by atoms with Crippen LogP contribution < -0.4 is 5.73 Å². The van der Waals surface area contributed by atoms with Crippen LogP contribution in [0.15, 0.2) is 42.9 Å². The molecule has 3 unspecified atom stereocenters. The standard InChI is InChI=1S/C20H20N4O4/c1-20(27)16(26)14(10-25)28-19(20)24-9-13(8-7-12-5-3-2-4-6-12)15-17(21)22-11-23-18(15)24/h2-6,9,11,14,16,19,25-27H,10H2,1H3,(H2,21,22,23)/t14?,16-,19?,20?/m1/s1. The number of aromatic nitrogens is 3. The normalized spacial score (nSPS) is 26.9. The second-order valence-electron chi connectivity index (χ2n) is 6.90. The minimum Gasteiger partial charge on any atom is -0.394 e. The number of nitrogen functional groups attached to an aromatic ring is 1. The molecule has 0 saturated carbocycles. The summed E-state index contributed by atoms with van der Waals surface area (Å²) in [6.45, 7) is 1.02. The summed E-state index contributed by atoms with van der Waals surface area (Å²) in [5.74, 6) is 6.39. The second kappa shape index (κ2) is 6.89. The lowest BCUT2D eigenvalue weighted by Crippen LogP contribution is -2.44. The summed E-state index contributed by atoms with van der Waals surface area (Å²) in [5.41, 5.74) is 6.23. The van der Waals surface area contributed by atoms with Gasteiger partial charge in [0.05, 0.1) is 17.6 Å². The maximum Gasteiger partial charge on any atom is 0.167 e. The van der Waals surface area contributed by atoms with Crippen molar-refractivity contribution in [1.29, 1.82) is 0 Å². The van der Waals surface area contributed by atoms with Crippen LogP contribution in [-0.2, 0) is 4.74 Å². The molecule has 2 aromatic heterocycles. The zero-order valence-corrected chi connectivity index (χ0v) is 15.1. The fourth-order valence-corrected chi connectivity index (χ4v) is 3.43. The predicted octanol–water partition coefficient (Wildman–Crippen LogP) is 0.415. The highest BCUT2D eigenvalue weighted by atomic mass is 16.6. The molecular formula is C20H20N4O4. The van der Waals surface area contributed by atoms with Gasteiger partial charge in [0, 0.05) is 11.8 Å². The monoisotopic (exact) mass is 380 g/mol. The first-order valence-corrected chi connectivity index (χ1v) is 8.78. The first-order chi connectivity index (χ1) is 13.4. The van der Waals surface area contributed by atoms with Gasteiger partial charge < -0.3 is 30.4 Å². The number of hydrogen-bond donors (Lipinski definition) is 4. The third kappa shape index (κ3) is 2.91. The number of fused-ring (bicyclic) bond motifs is 1. The predicted molar refractivity (Wildman–Crippen MR) is 102 cm³/mol. The SMILES string of the molecule is CC1(O)C(n2cc(C#Cc3ccccc3)c3c(N)ncnc32)OC(CO)[C@H]1O. The molecule has 1 aliphatic rings. The zero-order valence-electron chi connectivity index (χ0n) is 15.1. The van der Waals surface area contributed by atoms with Gasteiger partial charge in [-0.1, -0.05) is 30.0 Å². The lowest BCUT2D eigenvalue weighted by Gasteiger charge is -2.27. The van der Waals surface area contributed by atoms with Crippen LogP contribution in [0, 0.1) is 11.8 Å². The van der Waals surface area contributed by atoms with Gasteiger partial charge in [-0.05, 0) is 19.1 Å². The average Bonchev–Trinajstić information content (AvgIpc) is 3.17. The summed E-state index contributed by atoms with van der Waals surface area (Å²) in [5, 5.41) is 31.1. The first kappa shape index (κ1) is 18.4. The third-order valence-electron chi connectivity index (χ3n) is 4.94. The Kier molecular flexibility index (Phi) is 4.53. The molecule has 4 atom stereocenters. The van der Waals surface area contributed by atoms with Crippen molar-refractivity contribution in [3.05, 3.63) is 54.0 Å². The van der Waals surface area contributed by atoms with E-state index >= 15 is 0 Å². The zero-order chi connectivity index (χ0) is 19.9. The van der Waals surface area contributed by atoms with E-state index in [2.05, 4.69) is 21.8 Å². The van der Waals surface area contributed by atoms with Gasteiger partial charge in [0.15, 0.2) is 6.23 Å². The Morgan fingerprint density at radius 1 is 1.25 bits per heavy atom. The molecule has 0 aliphatic carbocycles. The Morgan fingerprint density at radius 2 is 2.00 bits per heavy atom. The summed E-state index contributed by atoms with van der Waals surface area (Å²) < 4.78 is 7.28. The van der Waals surface area contributed by atoms with Gasteiger partial charge in [-0.2, -0.15) is 0 Å². The van der Waals surface area contributed by atoms with Crippen molar-refractivity contribution in [2.24, 2.45) is 0 Å². The van der Waals surface area contributed by atoms with Crippen LogP contribution in [0.3, 0.4) is 0 Å². The Morgan fingerprint density at radius 3 is 2.68 bits per heavy atom. The summed E-state index contributed by atoms with van der Waals surface area (Å²) in [6.07, 6.45) is -0.194. The number of nitrogens with two attached hydrogens (primary N) is 1. The maximum absolute atomic E-state index is 10.8. The molecule has 3 aromatic rings. The Labute approximate surface area is 161 Å². The van der Waals surface area contributed by atoms with E-state index in [-0.39, 0.29) is 5.82 Å². The molecule has 8 nitrogen and oxygen atoms in total. The molecule has 0 bridgehead atoms. The molecule has 1 saturated heterocycles. The lowest BCUT2D eigenvalue weighted by molar-refractivity contribution is -0.0948. The summed E-state index contributed by atoms with van der Waals surface area (Å²) >= 11 is 0. The highest BCUT2D eigenvalue weighted by Crippen LogP contribution is 2.40. The highest BCUT2D eigenvalue weighted by Gasteiger charge is 2.53. The molecule has 0 spiro atoms. The summed E-state index contributed by atoms with van der Waals surface area (Å²) in [4.78, 5) is 8.31. The number of benzene rings is 1. The van der Waals surface area contributed by atoms with E-state index in [1.807, 2.05) is 30.3 Å². The highest BCUT2D eigenvalue weighted by molar-refractivity contribution is 5.92. The summed E-state index contributed by atoms with van der Waals surface area (Å²) in [6, 6.07) is 9.47. The number of anilines is 1. The van der Waals surface area contributed by atoms with Gasteiger partial charge in [-0.25, -0.2) is 9.97 Å². The van der Waals surface area contributed by atoms with E-state index in [1.54, 1.807) is 10.8 Å². The van der Waals surface area contributed by atoms with Crippen LogP contribution in [0.1, 0.15) is 24.3 Å². The molecule has 4 rings (SSSR count). The largest absolute Gasteiger partial charge is 0.394 e. The van der Waals surface area contributed by atoms with Gasteiger partial charge in [0.25, 0.3) is 0 Å². The Bertz CT molecular complexity index is 1070. The van der Waals surface area contributed by atoms with Crippen LogP contribution >= 0.6 is 0 Å². The molecule has 8 heteroatoms. The van der Waals surface area contributed by atoms with Crippen molar-refractivity contribution in [3.8, 4) is 11.8 Å². The van der Waals surface area contributed by atoms with E-state index < -0.39 is 30.6 Å². The molecular weight excluding hydrogens is 360 g/mol. The topological polar surface area (TPSA) is 127 Å². The van der Waals surface area contributed by atoms with Gasteiger partial charge in [0.2, 0.25) is 0 Å². The van der Waals surface area contributed by atoms with Crippen molar-refractivity contribution < 1.29 is 20.1 Å². The quantitative estimate of drug-likeness (QED) is 0.475. The molecule has 3 heterocycles. The molecule has 1 aliphatic heterocycles. The third-order valence-corrected chi connectivity index (χ3v) is 4.94. The minimum atomic E-state index is -1.65. The van der Waals surface area contributed by atoms with Gasteiger partial charge >= 0.3 is 0 Å². The van der Waals surface area contributed by atoms with E-state index in [9.17, 15) is 15.3 Å². The minimum absolute atomic E-state index is 0.248. The Balaban J connectivity index is 1.85. The lowest BCUT2D eigenvalue weighted by atomic mass is 9.96.